The van der Waals surface area contributed by atoms with Crippen molar-refractivity contribution >= 4 is 28.9 Å². The van der Waals surface area contributed by atoms with E-state index >= 15 is 0 Å². The molecule has 2 aromatic carbocycles. The van der Waals surface area contributed by atoms with E-state index in [4.69, 9.17) is 9.26 Å². The fraction of sp³-hybridized carbons (Fsp3) is 0.0476. The van der Waals surface area contributed by atoms with Gasteiger partial charge in [-0.05, 0) is 60.0 Å². The quantitative estimate of drug-likeness (QED) is 0.458. The highest BCUT2D eigenvalue weighted by atomic mass is 32.1. The fourth-order valence-electron chi connectivity index (χ4n) is 2.53. The summed E-state index contributed by atoms with van der Waals surface area (Å²) in [5, 5.41) is 8.36. The Balaban J connectivity index is 1.33. The molecule has 0 aliphatic rings. The molecule has 150 valence electrons. The summed E-state index contributed by atoms with van der Waals surface area (Å²) >= 11 is 1.34. The lowest BCUT2D eigenvalue weighted by molar-refractivity contribution is 0.0430. The number of carbonyl (C=O) groups excluding carboxylic acids is 2. The van der Waals surface area contributed by atoms with Crippen LogP contribution in [0.15, 0.2) is 70.6 Å². The van der Waals surface area contributed by atoms with Crippen molar-refractivity contribution in [2.75, 3.05) is 5.32 Å². The molecule has 7 nitrogen and oxygen atoms in total. The van der Waals surface area contributed by atoms with Crippen LogP contribution in [0.1, 0.15) is 25.9 Å². The van der Waals surface area contributed by atoms with Crippen LogP contribution < -0.4 is 5.32 Å². The van der Waals surface area contributed by atoms with Gasteiger partial charge in [0.15, 0.2) is 6.61 Å². The Hall–Kier alpha value is -3.85. The molecule has 0 radical (unpaired) electrons. The molecule has 2 aromatic heterocycles. The van der Waals surface area contributed by atoms with E-state index in [1.807, 2.05) is 5.38 Å². The third-order valence-corrected chi connectivity index (χ3v) is 4.89. The standard InChI is InChI=1S/C21H14FN3O4S/c22-15-7-3-13(4-8-15)19-24-18(29-25-19)12-28-21(27)14-5-9-16(10-6-14)23-20(26)17-2-1-11-30-17/h1-11H,12H2,(H,23,26). The average molecular weight is 423 g/mol. The summed E-state index contributed by atoms with van der Waals surface area (Å²) in [6.45, 7) is -0.204. The van der Waals surface area contributed by atoms with Gasteiger partial charge in [0.25, 0.3) is 11.8 Å². The number of thiophene rings is 1. The molecule has 0 unspecified atom stereocenters. The van der Waals surface area contributed by atoms with Crippen LogP contribution in [0.3, 0.4) is 0 Å². The van der Waals surface area contributed by atoms with Gasteiger partial charge in [-0.15, -0.1) is 11.3 Å². The molecule has 2 heterocycles. The van der Waals surface area contributed by atoms with E-state index in [2.05, 4.69) is 15.5 Å². The Bertz CT molecular complexity index is 1160. The maximum Gasteiger partial charge on any atom is 0.338 e. The number of halogens is 1. The third kappa shape index (κ3) is 4.58. The predicted octanol–water partition coefficient (Wildman–Crippen LogP) is 4.55. The van der Waals surface area contributed by atoms with Crippen LogP contribution in [0.4, 0.5) is 10.1 Å². The van der Waals surface area contributed by atoms with E-state index in [0.717, 1.165) is 0 Å². The van der Waals surface area contributed by atoms with Crippen LogP contribution in [0.25, 0.3) is 11.4 Å². The van der Waals surface area contributed by atoms with Crippen LogP contribution in [0.2, 0.25) is 0 Å². The molecule has 4 aromatic rings. The van der Waals surface area contributed by atoms with Crippen molar-refractivity contribution in [3.8, 4) is 11.4 Å². The van der Waals surface area contributed by atoms with Crippen LogP contribution in [0, 0.1) is 5.82 Å². The van der Waals surface area contributed by atoms with Gasteiger partial charge in [0, 0.05) is 11.3 Å². The number of aromatic nitrogens is 2. The number of nitrogens with zero attached hydrogens (tertiary/aromatic N) is 2. The van der Waals surface area contributed by atoms with Crippen molar-refractivity contribution in [3.05, 3.63) is 88.2 Å². The molecule has 0 aliphatic heterocycles. The molecule has 0 saturated heterocycles. The normalized spacial score (nSPS) is 10.6. The number of carbonyl (C=O) groups is 2. The minimum absolute atomic E-state index is 0.113. The first kappa shape index (κ1) is 19.5. The molecule has 0 aliphatic carbocycles. The third-order valence-electron chi connectivity index (χ3n) is 4.02. The second-order valence-corrected chi connectivity index (χ2v) is 7.05. The van der Waals surface area contributed by atoms with E-state index < -0.39 is 5.97 Å². The Kier molecular flexibility index (Phi) is 5.62. The first-order chi connectivity index (χ1) is 14.6. The van der Waals surface area contributed by atoms with Gasteiger partial charge in [-0.3, -0.25) is 4.79 Å². The van der Waals surface area contributed by atoms with E-state index in [0.29, 0.717) is 21.7 Å². The van der Waals surface area contributed by atoms with E-state index in [1.165, 1.54) is 35.6 Å². The van der Waals surface area contributed by atoms with E-state index in [-0.39, 0.29) is 30.0 Å². The van der Waals surface area contributed by atoms with Crippen molar-refractivity contribution in [3.63, 3.8) is 0 Å². The maximum absolute atomic E-state index is 13.0. The van der Waals surface area contributed by atoms with Crippen LogP contribution in [-0.2, 0) is 11.3 Å². The molecule has 9 heteroatoms. The number of anilines is 1. The van der Waals surface area contributed by atoms with Gasteiger partial charge < -0.3 is 14.6 Å². The molecule has 0 bridgehead atoms. The van der Waals surface area contributed by atoms with Crippen LogP contribution in [0.5, 0.6) is 0 Å². The van der Waals surface area contributed by atoms with Gasteiger partial charge in [-0.1, -0.05) is 11.2 Å². The number of hydrogen-bond acceptors (Lipinski definition) is 7. The lowest BCUT2D eigenvalue weighted by atomic mass is 10.2. The number of nitrogens with one attached hydrogen (secondary N) is 1. The lowest BCUT2D eigenvalue weighted by Gasteiger charge is -2.05. The number of benzene rings is 2. The zero-order valence-corrected chi connectivity index (χ0v) is 16.2. The molecule has 0 fully saturated rings. The maximum atomic E-state index is 13.0. The Morgan fingerprint density at radius 1 is 1.07 bits per heavy atom. The fourth-order valence-corrected chi connectivity index (χ4v) is 3.15. The predicted molar refractivity (Wildman–Crippen MR) is 108 cm³/mol. The number of ether oxygens (including phenoxy) is 1. The van der Waals surface area contributed by atoms with Crippen molar-refractivity contribution in [1.82, 2.24) is 10.1 Å². The molecular formula is C21H14FN3O4S. The summed E-state index contributed by atoms with van der Waals surface area (Å²) < 4.78 is 23.2. The summed E-state index contributed by atoms with van der Waals surface area (Å²) in [5.74, 6) is -0.774. The van der Waals surface area contributed by atoms with Crippen molar-refractivity contribution in [1.29, 1.82) is 0 Å². The molecule has 4 rings (SSSR count). The highest BCUT2D eigenvalue weighted by molar-refractivity contribution is 7.12. The summed E-state index contributed by atoms with van der Waals surface area (Å²) in [5.41, 5.74) is 1.45. The minimum Gasteiger partial charge on any atom is -0.452 e. The average Bonchev–Trinajstić information content (AvgIpc) is 3.45. The van der Waals surface area contributed by atoms with Crippen molar-refractivity contribution in [2.45, 2.75) is 6.61 Å². The van der Waals surface area contributed by atoms with Crippen molar-refractivity contribution in [2.24, 2.45) is 0 Å². The first-order valence-electron chi connectivity index (χ1n) is 8.79. The molecule has 0 saturated carbocycles. The van der Waals surface area contributed by atoms with Gasteiger partial charge >= 0.3 is 5.97 Å². The molecule has 0 atom stereocenters. The van der Waals surface area contributed by atoms with Gasteiger partial charge in [0.1, 0.15) is 5.82 Å². The summed E-state index contributed by atoms with van der Waals surface area (Å²) in [6, 6.07) is 15.5. The molecule has 30 heavy (non-hydrogen) atoms. The van der Waals surface area contributed by atoms with Gasteiger partial charge in [-0.2, -0.15) is 4.98 Å². The molecule has 0 spiro atoms. The number of rotatable bonds is 6. The summed E-state index contributed by atoms with van der Waals surface area (Å²) in [6.07, 6.45) is 0. The van der Waals surface area contributed by atoms with Crippen LogP contribution in [-0.4, -0.2) is 22.0 Å². The molecule has 1 N–H and O–H groups in total. The molecule has 1 amide bonds. The van der Waals surface area contributed by atoms with Gasteiger partial charge in [0.2, 0.25) is 5.82 Å². The lowest BCUT2D eigenvalue weighted by Crippen LogP contribution is -2.10. The van der Waals surface area contributed by atoms with Crippen molar-refractivity contribution < 1.29 is 23.2 Å². The second-order valence-electron chi connectivity index (χ2n) is 6.10. The summed E-state index contributed by atoms with van der Waals surface area (Å²) in [7, 11) is 0. The van der Waals surface area contributed by atoms with Crippen LogP contribution >= 0.6 is 11.3 Å². The van der Waals surface area contributed by atoms with E-state index in [9.17, 15) is 14.0 Å². The minimum atomic E-state index is -0.576. The highest BCUT2D eigenvalue weighted by Crippen LogP contribution is 2.18. The Morgan fingerprint density at radius 2 is 1.83 bits per heavy atom. The van der Waals surface area contributed by atoms with E-state index in [1.54, 1.807) is 36.4 Å². The Morgan fingerprint density at radius 3 is 2.53 bits per heavy atom. The van der Waals surface area contributed by atoms with Gasteiger partial charge in [0.05, 0.1) is 10.4 Å². The smallest absolute Gasteiger partial charge is 0.338 e. The SMILES string of the molecule is O=C(OCc1nc(-c2ccc(F)cc2)no1)c1ccc(NC(=O)c2cccs2)cc1. The summed E-state index contributed by atoms with van der Waals surface area (Å²) in [4.78, 5) is 29.0. The second kappa shape index (κ2) is 8.66. The first-order valence-corrected chi connectivity index (χ1v) is 9.67. The number of amides is 1. The highest BCUT2D eigenvalue weighted by Gasteiger charge is 2.13. The largest absolute Gasteiger partial charge is 0.452 e. The zero-order chi connectivity index (χ0) is 20.9. The van der Waals surface area contributed by atoms with Gasteiger partial charge in [-0.25, -0.2) is 9.18 Å². The number of esters is 1. The monoisotopic (exact) mass is 423 g/mol. The molecular weight excluding hydrogens is 409 g/mol. The zero-order valence-electron chi connectivity index (χ0n) is 15.4. The Labute approximate surface area is 174 Å². The number of hydrogen-bond donors (Lipinski definition) is 1. The topological polar surface area (TPSA) is 94.3 Å².